The van der Waals surface area contributed by atoms with E-state index in [4.69, 9.17) is 4.74 Å². The molecule has 0 bridgehead atoms. The number of benzene rings is 1. The van der Waals surface area contributed by atoms with Crippen LogP contribution in [0.25, 0.3) is 10.9 Å². The molecule has 2 aromatic rings. The number of para-hydroxylation sites is 1. The maximum atomic E-state index is 12.7. The lowest BCUT2D eigenvalue weighted by molar-refractivity contribution is 0.0287. The number of rotatable bonds is 3. The smallest absolute Gasteiger partial charge is 0.410 e. The van der Waals surface area contributed by atoms with Gasteiger partial charge in [-0.25, -0.2) is 9.59 Å². The molecule has 0 aliphatic carbocycles. The SMILES string of the molecule is CN(C)c1nc(=O)n(CC2CCN(C(=O)OC(C)(C)C)C2)c2ccccc12. The molecule has 1 saturated heterocycles. The van der Waals surface area contributed by atoms with Crippen LogP contribution in [0.1, 0.15) is 27.2 Å². The first-order valence-electron chi connectivity index (χ1n) is 9.30. The number of hydrogen-bond donors (Lipinski definition) is 0. The average Bonchev–Trinajstić information content (AvgIpc) is 3.04. The highest BCUT2D eigenvalue weighted by Crippen LogP contribution is 2.25. The van der Waals surface area contributed by atoms with Gasteiger partial charge in [-0.05, 0) is 45.2 Å². The van der Waals surface area contributed by atoms with E-state index in [1.54, 1.807) is 9.47 Å². The Bertz CT molecular complexity index is 898. The van der Waals surface area contributed by atoms with Crippen molar-refractivity contribution in [3.63, 3.8) is 0 Å². The molecule has 0 saturated carbocycles. The van der Waals surface area contributed by atoms with Gasteiger partial charge in [0.15, 0.2) is 0 Å². The second-order valence-electron chi connectivity index (χ2n) is 8.32. The highest BCUT2D eigenvalue weighted by molar-refractivity contribution is 5.89. The van der Waals surface area contributed by atoms with Crippen LogP contribution in [0.5, 0.6) is 0 Å². The third-order valence-corrected chi connectivity index (χ3v) is 4.67. The van der Waals surface area contributed by atoms with Gasteiger partial charge >= 0.3 is 11.8 Å². The summed E-state index contributed by atoms with van der Waals surface area (Å²) in [7, 11) is 3.77. The fraction of sp³-hybridized carbons (Fsp3) is 0.550. The summed E-state index contributed by atoms with van der Waals surface area (Å²) in [6.07, 6.45) is 0.554. The molecule has 146 valence electrons. The largest absolute Gasteiger partial charge is 0.444 e. The lowest BCUT2D eigenvalue weighted by Gasteiger charge is -2.24. The van der Waals surface area contributed by atoms with Crippen LogP contribution in [0.2, 0.25) is 0 Å². The number of carbonyl (C=O) groups excluding carboxylic acids is 1. The summed E-state index contributed by atoms with van der Waals surface area (Å²) < 4.78 is 7.18. The van der Waals surface area contributed by atoms with Gasteiger partial charge in [-0.3, -0.25) is 4.57 Å². The Morgan fingerprint density at radius 1 is 1.30 bits per heavy atom. The summed E-state index contributed by atoms with van der Waals surface area (Å²) in [5, 5.41) is 0.948. The van der Waals surface area contributed by atoms with E-state index in [1.165, 1.54) is 0 Å². The van der Waals surface area contributed by atoms with Gasteiger partial charge in [0.1, 0.15) is 11.4 Å². The van der Waals surface area contributed by atoms with Crippen molar-refractivity contribution in [2.24, 2.45) is 5.92 Å². The molecule has 1 aromatic heterocycles. The van der Waals surface area contributed by atoms with Crippen molar-refractivity contribution in [1.82, 2.24) is 14.5 Å². The minimum Gasteiger partial charge on any atom is -0.444 e. The normalized spacial score (nSPS) is 17.4. The Morgan fingerprint density at radius 3 is 2.67 bits per heavy atom. The third-order valence-electron chi connectivity index (χ3n) is 4.67. The quantitative estimate of drug-likeness (QED) is 0.829. The van der Waals surface area contributed by atoms with Gasteiger partial charge in [-0.1, -0.05) is 12.1 Å². The molecular weight excluding hydrogens is 344 g/mol. The maximum absolute atomic E-state index is 12.7. The second-order valence-corrected chi connectivity index (χ2v) is 8.32. The monoisotopic (exact) mass is 372 g/mol. The van der Waals surface area contributed by atoms with Crippen LogP contribution in [0, 0.1) is 5.92 Å². The van der Waals surface area contributed by atoms with Crippen molar-refractivity contribution in [1.29, 1.82) is 0 Å². The van der Waals surface area contributed by atoms with Gasteiger partial charge in [0.2, 0.25) is 0 Å². The fourth-order valence-corrected chi connectivity index (χ4v) is 3.46. The van der Waals surface area contributed by atoms with E-state index in [0.717, 1.165) is 17.3 Å². The van der Waals surface area contributed by atoms with Crippen molar-refractivity contribution >= 4 is 22.8 Å². The van der Waals surface area contributed by atoms with Crippen molar-refractivity contribution < 1.29 is 9.53 Å². The summed E-state index contributed by atoms with van der Waals surface area (Å²) in [5.74, 6) is 0.874. The molecular formula is C20H28N4O3. The van der Waals surface area contributed by atoms with Crippen molar-refractivity contribution in [3.05, 3.63) is 34.7 Å². The zero-order chi connectivity index (χ0) is 19.8. The zero-order valence-electron chi connectivity index (χ0n) is 16.7. The highest BCUT2D eigenvalue weighted by Gasteiger charge is 2.30. The topological polar surface area (TPSA) is 67.7 Å². The molecule has 1 fully saturated rings. The number of anilines is 1. The Labute approximate surface area is 159 Å². The maximum Gasteiger partial charge on any atom is 0.410 e. The molecule has 1 unspecified atom stereocenters. The van der Waals surface area contributed by atoms with Crippen LogP contribution in [0.3, 0.4) is 0 Å². The van der Waals surface area contributed by atoms with Gasteiger partial charge in [-0.15, -0.1) is 0 Å². The lowest BCUT2D eigenvalue weighted by Crippen LogP contribution is -2.36. The van der Waals surface area contributed by atoms with E-state index in [0.29, 0.717) is 25.5 Å². The fourth-order valence-electron chi connectivity index (χ4n) is 3.46. The third kappa shape index (κ3) is 4.23. The van der Waals surface area contributed by atoms with Crippen molar-refractivity contribution in [3.8, 4) is 0 Å². The second kappa shape index (κ2) is 7.21. The number of likely N-dealkylation sites (tertiary alicyclic amines) is 1. The molecule has 0 N–H and O–H groups in total. The molecule has 7 nitrogen and oxygen atoms in total. The molecule has 7 heteroatoms. The number of ether oxygens (including phenoxy) is 1. The number of carbonyl (C=O) groups is 1. The first-order chi connectivity index (χ1) is 12.7. The van der Waals surface area contributed by atoms with Gasteiger partial charge < -0.3 is 14.5 Å². The van der Waals surface area contributed by atoms with Gasteiger partial charge in [-0.2, -0.15) is 4.98 Å². The first-order valence-corrected chi connectivity index (χ1v) is 9.30. The first kappa shape index (κ1) is 19.2. The van der Waals surface area contributed by atoms with Crippen LogP contribution in [-0.2, 0) is 11.3 Å². The Balaban J connectivity index is 1.82. The van der Waals surface area contributed by atoms with E-state index in [9.17, 15) is 9.59 Å². The predicted molar refractivity (Wildman–Crippen MR) is 106 cm³/mol. The molecule has 0 radical (unpaired) electrons. The summed E-state index contributed by atoms with van der Waals surface area (Å²) >= 11 is 0. The molecule has 1 atom stereocenters. The van der Waals surface area contributed by atoms with Crippen molar-refractivity contribution in [2.75, 3.05) is 32.1 Å². The molecule has 3 rings (SSSR count). The number of amides is 1. The predicted octanol–water partition coefficient (Wildman–Crippen LogP) is 2.72. The minimum absolute atomic E-state index is 0.200. The summed E-state index contributed by atoms with van der Waals surface area (Å²) in [4.78, 5) is 32.8. The Kier molecular flexibility index (Phi) is 5.13. The molecule has 1 amide bonds. The molecule has 1 aromatic carbocycles. The number of nitrogens with zero attached hydrogens (tertiary/aromatic N) is 4. The van der Waals surface area contributed by atoms with E-state index in [-0.39, 0.29) is 17.7 Å². The Hall–Kier alpha value is -2.57. The summed E-state index contributed by atoms with van der Waals surface area (Å²) in [6, 6.07) is 7.81. The van der Waals surface area contributed by atoms with Gasteiger partial charge in [0.25, 0.3) is 0 Å². The Morgan fingerprint density at radius 2 is 2.00 bits per heavy atom. The summed E-state index contributed by atoms with van der Waals surface area (Å²) in [5.41, 5.74) is 0.110. The van der Waals surface area contributed by atoms with E-state index < -0.39 is 5.60 Å². The molecule has 27 heavy (non-hydrogen) atoms. The van der Waals surface area contributed by atoms with Gasteiger partial charge in [0, 0.05) is 39.1 Å². The van der Waals surface area contributed by atoms with Crippen molar-refractivity contribution in [2.45, 2.75) is 39.3 Å². The van der Waals surface area contributed by atoms with Crippen LogP contribution < -0.4 is 10.6 Å². The number of aromatic nitrogens is 2. The number of fused-ring (bicyclic) bond motifs is 1. The van der Waals surface area contributed by atoms with Crippen LogP contribution >= 0.6 is 0 Å². The lowest BCUT2D eigenvalue weighted by atomic mass is 10.1. The molecule has 1 aliphatic rings. The van der Waals surface area contributed by atoms with E-state index in [2.05, 4.69) is 4.98 Å². The van der Waals surface area contributed by atoms with Crippen LogP contribution in [0.4, 0.5) is 10.6 Å². The summed E-state index contributed by atoms with van der Waals surface area (Å²) in [6.45, 7) is 7.37. The zero-order valence-corrected chi connectivity index (χ0v) is 16.7. The van der Waals surface area contributed by atoms with Gasteiger partial charge in [0.05, 0.1) is 5.52 Å². The van der Waals surface area contributed by atoms with E-state index >= 15 is 0 Å². The molecule has 2 heterocycles. The van der Waals surface area contributed by atoms with E-state index in [1.807, 2.05) is 64.0 Å². The van der Waals surface area contributed by atoms with Crippen LogP contribution in [0.15, 0.2) is 29.1 Å². The standard InChI is InChI=1S/C20H28N4O3/c1-20(2,3)27-19(26)23-11-10-14(12-23)13-24-16-9-7-6-8-15(16)17(22(4)5)21-18(24)25/h6-9,14H,10-13H2,1-5H3. The van der Waals surface area contributed by atoms with Crippen LogP contribution in [-0.4, -0.2) is 53.3 Å². The molecule has 1 aliphatic heterocycles. The number of hydrogen-bond acceptors (Lipinski definition) is 5. The molecule has 0 spiro atoms. The minimum atomic E-state index is -0.506. The highest BCUT2D eigenvalue weighted by atomic mass is 16.6. The average molecular weight is 372 g/mol.